The molecule has 0 unspecified atom stereocenters. The molecule has 0 radical (unpaired) electrons. The summed E-state index contributed by atoms with van der Waals surface area (Å²) in [7, 11) is 0. The average molecular weight is 251 g/mol. The van der Waals surface area contributed by atoms with E-state index >= 15 is 0 Å². The van der Waals surface area contributed by atoms with Gasteiger partial charge in [0.1, 0.15) is 11.1 Å². The van der Waals surface area contributed by atoms with Crippen molar-refractivity contribution in [2.75, 3.05) is 0 Å². The van der Waals surface area contributed by atoms with Gasteiger partial charge in [-0.3, -0.25) is 0 Å². The number of nitrogens with zero attached hydrogens (tertiary/aromatic N) is 2. The predicted octanol–water partition coefficient (Wildman–Crippen LogP) is 2.67. The molecule has 4 aromatic rings. The van der Waals surface area contributed by atoms with Gasteiger partial charge in [-0.1, -0.05) is 18.2 Å². The summed E-state index contributed by atoms with van der Waals surface area (Å²) in [6.07, 6.45) is 3.16. The van der Waals surface area contributed by atoms with Gasteiger partial charge in [-0.15, -0.1) is 0 Å². The van der Waals surface area contributed by atoms with E-state index in [1.54, 1.807) is 10.7 Å². The maximum absolute atomic E-state index is 11.3. The third kappa shape index (κ3) is 1.24. The van der Waals surface area contributed by atoms with Crippen LogP contribution in [-0.2, 0) is 0 Å². The lowest BCUT2D eigenvalue weighted by molar-refractivity contribution is 0.0699. The van der Waals surface area contributed by atoms with Gasteiger partial charge in [0.2, 0.25) is 0 Å². The number of rotatable bonds is 1. The quantitative estimate of drug-likeness (QED) is 0.546. The van der Waals surface area contributed by atoms with E-state index in [9.17, 15) is 9.90 Å². The Balaban J connectivity index is 2.30. The smallest absolute Gasteiger partial charge is 0.339 e. The molecule has 2 N–H and O–H groups in total. The second kappa shape index (κ2) is 3.35. The summed E-state index contributed by atoms with van der Waals surface area (Å²) in [6.45, 7) is 0. The largest absolute Gasteiger partial charge is 0.478 e. The average Bonchev–Trinajstić information content (AvgIpc) is 2.99. The van der Waals surface area contributed by atoms with Crippen LogP contribution < -0.4 is 0 Å². The number of aromatic nitrogens is 3. The minimum absolute atomic E-state index is 0.206. The Labute approximate surface area is 107 Å². The van der Waals surface area contributed by atoms with Crippen LogP contribution in [0.3, 0.4) is 0 Å². The molecular formula is C14H9N3O2. The van der Waals surface area contributed by atoms with Crippen LogP contribution in [-0.4, -0.2) is 25.7 Å². The van der Waals surface area contributed by atoms with Crippen LogP contribution in [0.25, 0.3) is 27.3 Å². The first-order valence-corrected chi connectivity index (χ1v) is 5.86. The summed E-state index contributed by atoms with van der Waals surface area (Å²) in [5.74, 6) is -0.971. The van der Waals surface area contributed by atoms with Crippen molar-refractivity contribution in [2.45, 2.75) is 0 Å². The fourth-order valence-electron chi connectivity index (χ4n) is 2.55. The lowest BCUT2D eigenvalue weighted by Gasteiger charge is -1.97. The number of carboxylic acids is 1. The van der Waals surface area contributed by atoms with Crippen molar-refractivity contribution in [1.82, 2.24) is 14.6 Å². The van der Waals surface area contributed by atoms with Crippen LogP contribution in [0.15, 0.2) is 42.7 Å². The number of para-hydroxylation sites is 1. The van der Waals surface area contributed by atoms with Crippen molar-refractivity contribution in [3.8, 4) is 0 Å². The van der Waals surface area contributed by atoms with Gasteiger partial charge in [-0.05, 0) is 12.1 Å². The molecule has 92 valence electrons. The zero-order valence-corrected chi connectivity index (χ0v) is 9.79. The van der Waals surface area contributed by atoms with E-state index in [1.807, 2.05) is 30.3 Å². The molecule has 0 saturated heterocycles. The van der Waals surface area contributed by atoms with Crippen molar-refractivity contribution in [2.24, 2.45) is 0 Å². The number of benzene rings is 1. The maximum atomic E-state index is 11.3. The van der Waals surface area contributed by atoms with Gasteiger partial charge >= 0.3 is 5.97 Å². The zero-order chi connectivity index (χ0) is 13.0. The van der Waals surface area contributed by atoms with Crippen LogP contribution >= 0.6 is 0 Å². The number of carbonyl (C=O) groups is 1. The van der Waals surface area contributed by atoms with Gasteiger partial charge in [0, 0.05) is 22.5 Å². The van der Waals surface area contributed by atoms with Gasteiger partial charge in [-0.2, -0.15) is 5.10 Å². The van der Waals surface area contributed by atoms with Gasteiger partial charge in [0.25, 0.3) is 0 Å². The van der Waals surface area contributed by atoms with Crippen LogP contribution in [0.1, 0.15) is 10.4 Å². The van der Waals surface area contributed by atoms with Crippen LogP contribution in [0, 0.1) is 0 Å². The number of carboxylic acid groups (broad SMARTS) is 1. The van der Waals surface area contributed by atoms with E-state index < -0.39 is 5.97 Å². The molecule has 0 atom stereocenters. The molecule has 0 aliphatic carbocycles. The molecule has 0 aliphatic rings. The van der Waals surface area contributed by atoms with E-state index in [-0.39, 0.29) is 5.56 Å². The Hall–Kier alpha value is -2.82. The van der Waals surface area contributed by atoms with Crippen molar-refractivity contribution in [1.29, 1.82) is 0 Å². The highest BCUT2D eigenvalue weighted by Gasteiger charge is 2.16. The van der Waals surface area contributed by atoms with Crippen molar-refractivity contribution in [3.05, 3.63) is 48.3 Å². The highest BCUT2D eigenvalue weighted by atomic mass is 16.4. The third-order valence-electron chi connectivity index (χ3n) is 3.39. The standard InChI is InChI=1S/C14H9N3O2/c18-14(19)10-7-15-17-6-5-9-8-3-1-2-4-11(8)16-12(9)13(10)17/h1-7,16H,(H,18,19). The summed E-state index contributed by atoms with van der Waals surface area (Å²) in [5, 5.41) is 15.4. The SMILES string of the molecule is O=C(O)c1cnn2ccc3c4ccccc4[nH]c3c12. The predicted molar refractivity (Wildman–Crippen MR) is 71.5 cm³/mol. The van der Waals surface area contributed by atoms with Crippen LogP contribution in [0.4, 0.5) is 0 Å². The molecule has 1 aromatic carbocycles. The minimum atomic E-state index is -0.971. The molecule has 0 fully saturated rings. The van der Waals surface area contributed by atoms with Crippen LogP contribution in [0.2, 0.25) is 0 Å². The number of pyridine rings is 1. The van der Waals surface area contributed by atoms with Crippen molar-refractivity contribution >= 4 is 33.3 Å². The van der Waals surface area contributed by atoms with E-state index in [2.05, 4.69) is 10.1 Å². The Kier molecular flexibility index (Phi) is 1.79. The molecule has 0 aliphatic heterocycles. The monoisotopic (exact) mass is 251 g/mol. The fraction of sp³-hybridized carbons (Fsp3) is 0. The molecule has 19 heavy (non-hydrogen) atoms. The number of aromatic amines is 1. The lowest BCUT2D eigenvalue weighted by atomic mass is 10.1. The first kappa shape index (κ1) is 10.1. The molecule has 0 amide bonds. The Morgan fingerprint density at radius 3 is 2.89 bits per heavy atom. The third-order valence-corrected chi connectivity index (χ3v) is 3.39. The van der Waals surface area contributed by atoms with Crippen LogP contribution in [0.5, 0.6) is 0 Å². The van der Waals surface area contributed by atoms with Gasteiger partial charge < -0.3 is 10.1 Å². The molecule has 4 rings (SSSR count). The number of fused-ring (bicyclic) bond motifs is 5. The van der Waals surface area contributed by atoms with E-state index in [0.717, 1.165) is 21.8 Å². The summed E-state index contributed by atoms with van der Waals surface area (Å²) >= 11 is 0. The fourth-order valence-corrected chi connectivity index (χ4v) is 2.55. The second-order valence-electron chi connectivity index (χ2n) is 4.43. The molecule has 5 heteroatoms. The Bertz CT molecular complexity index is 949. The maximum Gasteiger partial charge on any atom is 0.339 e. The zero-order valence-electron chi connectivity index (χ0n) is 9.79. The van der Waals surface area contributed by atoms with E-state index in [4.69, 9.17) is 0 Å². The number of nitrogens with one attached hydrogen (secondary N) is 1. The number of aromatic carboxylic acids is 1. The molecule has 3 heterocycles. The summed E-state index contributed by atoms with van der Waals surface area (Å²) in [5.41, 5.74) is 2.60. The summed E-state index contributed by atoms with van der Waals surface area (Å²) in [6, 6.07) is 9.85. The van der Waals surface area contributed by atoms with Gasteiger partial charge in [-0.25, -0.2) is 9.31 Å². The highest BCUT2D eigenvalue weighted by Crippen LogP contribution is 2.29. The van der Waals surface area contributed by atoms with Crippen molar-refractivity contribution in [3.63, 3.8) is 0 Å². The van der Waals surface area contributed by atoms with E-state index in [1.165, 1.54) is 6.20 Å². The minimum Gasteiger partial charge on any atom is -0.478 e. The second-order valence-corrected chi connectivity index (χ2v) is 4.43. The molecular weight excluding hydrogens is 242 g/mol. The number of H-pyrrole nitrogens is 1. The van der Waals surface area contributed by atoms with Crippen molar-refractivity contribution < 1.29 is 9.90 Å². The molecule has 0 spiro atoms. The first-order chi connectivity index (χ1) is 9.25. The number of hydrogen-bond donors (Lipinski definition) is 2. The topological polar surface area (TPSA) is 70.4 Å². The first-order valence-electron chi connectivity index (χ1n) is 5.86. The summed E-state index contributed by atoms with van der Waals surface area (Å²) in [4.78, 5) is 14.5. The molecule has 0 saturated carbocycles. The lowest BCUT2D eigenvalue weighted by Crippen LogP contribution is -1.96. The van der Waals surface area contributed by atoms with Gasteiger partial charge in [0.05, 0.1) is 11.7 Å². The Morgan fingerprint density at radius 1 is 1.21 bits per heavy atom. The molecule has 5 nitrogen and oxygen atoms in total. The Morgan fingerprint density at radius 2 is 2.05 bits per heavy atom. The molecule has 0 bridgehead atoms. The molecule has 3 aromatic heterocycles. The summed E-state index contributed by atoms with van der Waals surface area (Å²) < 4.78 is 1.58. The normalized spacial score (nSPS) is 11.6. The van der Waals surface area contributed by atoms with E-state index in [0.29, 0.717) is 5.52 Å². The van der Waals surface area contributed by atoms with Gasteiger partial charge in [0.15, 0.2) is 0 Å². The highest BCUT2D eigenvalue weighted by molar-refractivity contribution is 6.15. The number of hydrogen-bond acceptors (Lipinski definition) is 2.